The second-order valence-corrected chi connectivity index (χ2v) is 4.44. The average molecular weight is 226 g/mol. The molecule has 86 valence electrons. The first-order chi connectivity index (χ1) is 8.34. The van der Waals surface area contributed by atoms with Crippen molar-refractivity contribution in [2.45, 2.75) is 25.3 Å². The Hall–Kier alpha value is -1.90. The van der Waals surface area contributed by atoms with Gasteiger partial charge in [0.25, 0.3) is 0 Å². The summed E-state index contributed by atoms with van der Waals surface area (Å²) in [4.78, 5) is 16.0. The Kier molecular flexibility index (Phi) is 2.52. The molecule has 0 fully saturated rings. The third-order valence-electron chi connectivity index (χ3n) is 3.28. The Bertz CT molecular complexity index is 583. The van der Waals surface area contributed by atoms with E-state index in [1.54, 1.807) is 6.08 Å². The van der Waals surface area contributed by atoms with Crippen LogP contribution in [0.1, 0.15) is 25.3 Å². The SMILES string of the molecule is O=C1C=CCCC(n2cnc3ccccc32)C1. The summed E-state index contributed by atoms with van der Waals surface area (Å²) in [6.07, 6.45) is 8.08. The Balaban J connectivity index is 2.00. The number of ketones is 1. The van der Waals surface area contributed by atoms with Crippen LogP contribution in [0.2, 0.25) is 0 Å². The van der Waals surface area contributed by atoms with E-state index < -0.39 is 0 Å². The lowest BCUT2D eigenvalue weighted by molar-refractivity contribution is -0.115. The molecule has 1 aliphatic carbocycles. The molecule has 0 amide bonds. The number of aromatic nitrogens is 2. The zero-order valence-electron chi connectivity index (χ0n) is 9.54. The van der Waals surface area contributed by atoms with Crippen LogP contribution in [0.25, 0.3) is 11.0 Å². The van der Waals surface area contributed by atoms with Crippen LogP contribution in [-0.2, 0) is 4.79 Å². The second kappa shape index (κ2) is 4.17. The van der Waals surface area contributed by atoms with Gasteiger partial charge in [0.15, 0.2) is 5.78 Å². The standard InChI is InChI=1S/C14H14N2O/c17-12-6-2-1-5-11(9-12)16-10-15-13-7-3-4-8-14(13)16/h2-4,6-8,10-11H,1,5,9H2. The summed E-state index contributed by atoms with van der Waals surface area (Å²) in [5.41, 5.74) is 2.12. The first-order valence-electron chi connectivity index (χ1n) is 5.95. The van der Waals surface area contributed by atoms with Gasteiger partial charge in [-0.05, 0) is 31.1 Å². The van der Waals surface area contributed by atoms with Crippen molar-refractivity contribution in [3.63, 3.8) is 0 Å². The number of para-hydroxylation sites is 2. The lowest BCUT2D eigenvalue weighted by Gasteiger charge is -2.16. The average Bonchev–Trinajstić information content (AvgIpc) is 2.66. The number of hydrogen-bond donors (Lipinski definition) is 0. The Labute approximate surface area is 99.8 Å². The van der Waals surface area contributed by atoms with Crippen molar-refractivity contribution in [2.75, 3.05) is 0 Å². The van der Waals surface area contributed by atoms with Crippen LogP contribution in [0.5, 0.6) is 0 Å². The Morgan fingerprint density at radius 1 is 1.29 bits per heavy atom. The minimum atomic E-state index is 0.213. The van der Waals surface area contributed by atoms with Gasteiger partial charge in [0.1, 0.15) is 0 Å². The van der Waals surface area contributed by atoms with Crippen molar-refractivity contribution in [3.8, 4) is 0 Å². The van der Waals surface area contributed by atoms with Crippen LogP contribution in [0, 0.1) is 0 Å². The van der Waals surface area contributed by atoms with E-state index in [2.05, 4.69) is 15.6 Å². The third-order valence-corrected chi connectivity index (χ3v) is 3.28. The molecule has 3 heteroatoms. The van der Waals surface area contributed by atoms with E-state index >= 15 is 0 Å². The van der Waals surface area contributed by atoms with Gasteiger partial charge >= 0.3 is 0 Å². The van der Waals surface area contributed by atoms with Crippen molar-refractivity contribution < 1.29 is 4.79 Å². The lowest BCUT2D eigenvalue weighted by Crippen LogP contribution is -2.10. The lowest BCUT2D eigenvalue weighted by atomic mass is 10.1. The van der Waals surface area contributed by atoms with Crippen LogP contribution in [0.4, 0.5) is 0 Å². The number of nitrogens with zero attached hydrogens (tertiary/aromatic N) is 2. The molecule has 0 saturated heterocycles. The molecular formula is C14H14N2O. The van der Waals surface area contributed by atoms with Crippen LogP contribution >= 0.6 is 0 Å². The number of rotatable bonds is 1. The van der Waals surface area contributed by atoms with Crippen molar-refractivity contribution >= 4 is 16.8 Å². The fraction of sp³-hybridized carbons (Fsp3) is 0.286. The van der Waals surface area contributed by atoms with Gasteiger partial charge in [-0.1, -0.05) is 18.2 Å². The highest BCUT2D eigenvalue weighted by Gasteiger charge is 2.17. The molecule has 3 rings (SSSR count). The van der Waals surface area contributed by atoms with Crippen molar-refractivity contribution in [2.24, 2.45) is 0 Å². The highest BCUT2D eigenvalue weighted by atomic mass is 16.1. The van der Waals surface area contributed by atoms with Gasteiger partial charge in [-0.15, -0.1) is 0 Å². The summed E-state index contributed by atoms with van der Waals surface area (Å²) >= 11 is 0. The molecule has 1 aromatic heterocycles. The van der Waals surface area contributed by atoms with E-state index in [1.807, 2.05) is 30.6 Å². The molecule has 2 aromatic rings. The number of benzene rings is 1. The highest BCUT2D eigenvalue weighted by molar-refractivity contribution is 5.90. The zero-order valence-corrected chi connectivity index (χ0v) is 9.54. The van der Waals surface area contributed by atoms with Gasteiger partial charge in [0.05, 0.1) is 17.4 Å². The minimum absolute atomic E-state index is 0.213. The van der Waals surface area contributed by atoms with Crippen molar-refractivity contribution in [3.05, 3.63) is 42.7 Å². The van der Waals surface area contributed by atoms with E-state index in [0.717, 1.165) is 23.9 Å². The summed E-state index contributed by atoms with van der Waals surface area (Å²) in [7, 11) is 0. The number of hydrogen-bond acceptors (Lipinski definition) is 2. The normalized spacial score (nSPS) is 20.7. The largest absolute Gasteiger partial charge is 0.327 e. The molecular weight excluding hydrogens is 212 g/mol. The quantitative estimate of drug-likeness (QED) is 0.749. The maximum Gasteiger partial charge on any atom is 0.157 e. The number of fused-ring (bicyclic) bond motifs is 1. The highest BCUT2D eigenvalue weighted by Crippen LogP contribution is 2.26. The second-order valence-electron chi connectivity index (χ2n) is 4.44. The van der Waals surface area contributed by atoms with Crippen LogP contribution < -0.4 is 0 Å². The van der Waals surface area contributed by atoms with E-state index in [-0.39, 0.29) is 11.8 Å². The monoisotopic (exact) mass is 226 g/mol. The summed E-state index contributed by atoms with van der Waals surface area (Å²) in [5.74, 6) is 0.213. The number of carbonyl (C=O) groups is 1. The summed E-state index contributed by atoms with van der Waals surface area (Å²) in [5, 5.41) is 0. The number of imidazole rings is 1. The first kappa shape index (κ1) is 10.3. The molecule has 1 aromatic carbocycles. The molecule has 0 saturated carbocycles. The molecule has 1 unspecified atom stereocenters. The molecule has 0 radical (unpaired) electrons. The third kappa shape index (κ3) is 1.88. The molecule has 0 bridgehead atoms. The number of allylic oxidation sites excluding steroid dienone is 2. The molecule has 0 spiro atoms. The Morgan fingerprint density at radius 3 is 3.12 bits per heavy atom. The zero-order chi connectivity index (χ0) is 11.7. The van der Waals surface area contributed by atoms with E-state index in [1.165, 1.54) is 0 Å². The van der Waals surface area contributed by atoms with Crippen molar-refractivity contribution in [1.82, 2.24) is 9.55 Å². The van der Waals surface area contributed by atoms with E-state index in [4.69, 9.17) is 0 Å². The fourth-order valence-electron chi connectivity index (χ4n) is 2.41. The summed E-state index contributed by atoms with van der Waals surface area (Å²) < 4.78 is 2.14. The van der Waals surface area contributed by atoms with Gasteiger partial charge in [-0.3, -0.25) is 4.79 Å². The van der Waals surface area contributed by atoms with E-state index in [0.29, 0.717) is 6.42 Å². The summed E-state index contributed by atoms with van der Waals surface area (Å²) in [6, 6.07) is 8.30. The van der Waals surface area contributed by atoms with Gasteiger partial charge in [0.2, 0.25) is 0 Å². The maximum atomic E-state index is 11.6. The molecule has 17 heavy (non-hydrogen) atoms. The molecule has 1 atom stereocenters. The predicted octanol–water partition coefficient (Wildman–Crippen LogP) is 2.89. The van der Waals surface area contributed by atoms with Crippen LogP contribution in [0.3, 0.4) is 0 Å². The molecule has 3 nitrogen and oxygen atoms in total. The topological polar surface area (TPSA) is 34.9 Å². The van der Waals surface area contributed by atoms with E-state index in [9.17, 15) is 4.79 Å². The van der Waals surface area contributed by atoms with Gasteiger partial charge in [-0.25, -0.2) is 4.98 Å². The molecule has 1 heterocycles. The van der Waals surface area contributed by atoms with Gasteiger partial charge < -0.3 is 4.57 Å². The van der Waals surface area contributed by atoms with Crippen molar-refractivity contribution in [1.29, 1.82) is 0 Å². The van der Waals surface area contributed by atoms with Gasteiger partial charge in [-0.2, -0.15) is 0 Å². The smallest absolute Gasteiger partial charge is 0.157 e. The first-order valence-corrected chi connectivity index (χ1v) is 5.95. The predicted molar refractivity (Wildman–Crippen MR) is 66.8 cm³/mol. The van der Waals surface area contributed by atoms with Crippen LogP contribution in [-0.4, -0.2) is 15.3 Å². The van der Waals surface area contributed by atoms with Gasteiger partial charge in [0, 0.05) is 12.5 Å². The minimum Gasteiger partial charge on any atom is -0.327 e. The molecule has 0 N–H and O–H groups in total. The fourth-order valence-corrected chi connectivity index (χ4v) is 2.41. The molecule has 0 aliphatic heterocycles. The van der Waals surface area contributed by atoms with Crippen LogP contribution in [0.15, 0.2) is 42.7 Å². The maximum absolute atomic E-state index is 11.6. The summed E-state index contributed by atoms with van der Waals surface area (Å²) in [6.45, 7) is 0. The molecule has 1 aliphatic rings. The number of carbonyl (C=O) groups excluding carboxylic acids is 1. The Morgan fingerprint density at radius 2 is 2.18 bits per heavy atom.